The molecule has 0 radical (unpaired) electrons. The van der Waals surface area contributed by atoms with Crippen molar-refractivity contribution in [3.8, 4) is 45.3 Å². The Morgan fingerprint density at radius 2 is 1.22 bits per heavy atom. The molecule has 12 nitrogen and oxygen atoms in total. The van der Waals surface area contributed by atoms with Gasteiger partial charge in [-0.25, -0.2) is 9.97 Å². The molecule has 2 amide bonds. The molecule has 2 aromatic carbocycles. The molecule has 0 aliphatic carbocycles. The Hall–Kier alpha value is -7.60. The van der Waals surface area contributed by atoms with Crippen LogP contribution in [0.4, 0.5) is 11.4 Å². The third kappa shape index (κ3) is 7.78. The fraction of sp³-hybridized carbons (Fsp3) is 0.0698. The summed E-state index contributed by atoms with van der Waals surface area (Å²) in [4.78, 5) is 45.3. The van der Waals surface area contributed by atoms with E-state index in [1.165, 1.54) is 0 Å². The summed E-state index contributed by atoms with van der Waals surface area (Å²) in [7, 11) is 1.78. The van der Waals surface area contributed by atoms with Crippen molar-refractivity contribution in [2.45, 2.75) is 13.5 Å². The highest BCUT2D eigenvalue weighted by Gasteiger charge is 2.19. The molecule has 0 atom stereocenters. The number of nitrogens with one attached hydrogen (secondary N) is 2. The lowest BCUT2D eigenvalue weighted by molar-refractivity contribution is 0.101. The van der Waals surface area contributed by atoms with Crippen molar-refractivity contribution in [1.82, 2.24) is 39.5 Å². The molecule has 6 heterocycles. The lowest BCUT2D eigenvalue weighted by atomic mass is 10.1. The first kappa shape index (κ1) is 34.5. The van der Waals surface area contributed by atoms with Crippen molar-refractivity contribution in [2.24, 2.45) is 7.05 Å². The smallest absolute Gasteiger partial charge is 0.274 e. The van der Waals surface area contributed by atoms with Crippen molar-refractivity contribution in [2.75, 3.05) is 10.6 Å². The van der Waals surface area contributed by atoms with Crippen molar-refractivity contribution >= 4 is 23.2 Å². The van der Waals surface area contributed by atoms with E-state index in [1.807, 2.05) is 116 Å². The van der Waals surface area contributed by atoms with Gasteiger partial charge in [-0.15, -0.1) is 0 Å². The van der Waals surface area contributed by atoms with Gasteiger partial charge < -0.3 is 10.6 Å². The van der Waals surface area contributed by atoms with Crippen LogP contribution in [0.3, 0.4) is 0 Å². The highest BCUT2D eigenvalue weighted by Crippen LogP contribution is 2.28. The minimum Gasteiger partial charge on any atom is -0.317 e. The molecule has 0 fully saturated rings. The minimum absolute atomic E-state index is 0.278. The molecular formula is C43H34N10O2. The third-order valence-corrected chi connectivity index (χ3v) is 8.75. The first-order valence-corrected chi connectivity index (χ1v) is 17.5. The lowest BCUT2D eigenvalue weighted by Crippen LogP contribution is -2.14. The normalized spacial score (nSPS) is 10.9. The molecule has 0 aliphatic heterocycles. The average Bonchev–Trinajstić information content (AvgIpc) is 3.80. The van der Waals surface area contributed by atoms with E-state index >= 15 is 0 Å². The fourth-order valence-corrected chi connectivity index (χ4v) is 6.13. The van der Waals surface area contributed by atoms with Crippen LogP contribution in [-0.2, 0) is 13.6 Å². The van der Waals surface area contributed by atoms with E-state index < -0.39 is 0 Å². The van der Waals surface area contributed by atoms with Gasteiger partial charge in [0, 0.05) is 43.0 Å². The van der Waals surface area contributed by atoms with Crippen LogP contribution in [-0.4, -0.2) is 51.3 Å². The molecular weight excluding hydrogens is 689 g/mol. The summed E-state index contributed by atoms with van der Waals surface area (Å²) in [6, 6.07) is 37.8. The number of aryl methyl sites for hydroxylation is 2. The maximum absolute atomic E-state index is 13.6. The second-order valence-corrected chi connectivity index (χ2v) is 12.9. The molecule has 0 saturated carbocycles. The van der Waals surface area contributed by atoms with Gasteiger partial charge in [-0.1, -0.05) is 78.4 Å². The summed E-state index contributed by atoms with van der Waals surface area (Å²) in [6.07, 6.45) is 6.92. The van der Waals surface area contributed by atoms with Crippen LogP contribution in [0.25, 0.3) is 45.3 Å². The van der Waals surface area contributed by atoms with Crippen LogP contribution in [0, 0.1) is 6.92 Å². The van der Waals surface area contributed by atoms with Gasteiger partial charge in [0.2, 0.25) is 0 Å². The van der Waals surface area contributed by atoms with Gasteiger partial charge in [0.25, 0.3) is 11.8 Å². The first-order valence-electron chi connectivity index (χ1n) is 17.5. The molecule has 0 saturated heterocycles. The standard InChI is InChI=1S/C43H34N10O2/c1-28-11-8-14-31(23-28)33-17-10-19-37(47-33)43(55)49-39-27-53(51-41(39)34-15-6-7-22-44-34)25-29-20-21-35(45-24-29)40-38(26-52(2)50-40)48-42(54)36-18-9-16-32(46-36)30-12-4-3-5-13-30/h3-24,26-27H,25H2,1-2H3,(H,48,54)(H,49,55). The molecule has 8 aromatic rings. The Morgan fingerprint density at radius 3 is 1.89 bits per heavy atom. The van der Waals surface area contributed by atoms with Crippen LogP contribution >= 0.6 is 0 Å². The van der Waals surface area contributed by atoms with Crippen LogP contribution < -0.4 is 10.6 Å². The maximum Gasteiger partial charge on any atom is 0.274 e. The van der Waals surface area contributed by atoms with Gasteiger partial charge in [-0.2, -0.15) is 10.2 Å². The predicted molar refractivity (Wildman–Crippen MR) is 211 cm³/mol. The van der Waals surface area contributed by atoms with Gasteiger partial charge in [-0.05, 0) is 61.0 Å². The van der Waals surface area contributed by atoms with E-state index in [0.717, 1.165) is 22.3 Å². The van der Waals surface area contributed by atoms with Crippen LogP contribution in [0.5, 0.6) is 0 Å². The quantitative estimate of drug-likeness (QED) is 0.146. The average molecular weight is 723 g/mol. The van der Waals surface area contributed by atoms with Gasteiger partial charge >= 0.3 is 0 Å². The summed E-state index contributed by atoms with van der Waals surface area (Å²) in [5.74, 6) is -0.723. The van der Waals surface area contributed by atoms with Gasteiger partial charge in [0.15, 0.2) is 0 Å². The summed E-state index contributed by atoms with van der Waals surface area (Å²) in [5.41, 5.74) is 9.01. The fourth-order valence-electron chi connectivity index (χ4n) is 6.13. The van der Waals surface area contributed by atoms with E-state index in [0.29, 0.717) is 52.1 Å². The molecule has 0 spiro atoms. The van der Waals surface area contributed by atoms with Gasteiger partial charge in [0.05, 0.1) is 40.7 Å². The van der Waals surface area contributed by atoms with Crippen molar-refractivity contribution in [3.05, 3.63) is 169 Å². The molecule has 268 valence electrons. The number of rotatable bonds is 10. The summed E-state index contributed by atoms with van der Waals surface area (Å²) < 4.78 is 3.36. The molecule has 6 aromatic heterocycles. The first-order chi connectivity index (χ1) is 26.9. The Bertz CT molecular complexity index is 2640. The number of carbonyl (C=O) groups excluding carboxylic acids is 2. The minimum atomic E-state index is -0.366. The van der Waals surface area contributed by atoms with E-state index in [1.54, 1.807) is 53.3 Å². The van der Waals surface area contributed by atoms with Gasteiger partial charge in [-0.3, -0.25) is 28.9 Å². The van der Waals surface area contributed by atoms with Crippen molar-refractivity contribution in [1.29, 1.82) is 0 Å². The Morgan fingerprint density at radius 1 is 0.600 bits per heavy atom. The predicted octanol–water partition coefficient (Wildman–Crippen LogP) is 7.73. The molecule has 0 bridgehead atoms. The number of carbonyl (C=O) groups is 2. The summed E-state index contributed by atoms with van der Waals surface area (Å²) >= 11 is 0. The SMILES string of the molecule is Cc1cccc(-c2cccc(C(=O)Nc3cn(Cc4ccc(-c5nn(C)cc5NC(=O)c5cccc(-c6ccccc6)n5)nc4)nc3-c3ccccn3)n2)c1. The number of aromatic nitrogens is 8. The highest BCUT2D eigenvalue weighted by atomic mass is 16.2. The summed E-state index contributed by atoms with van der Waals surface area (Å²) in [5, 5.41) is 15.4. The molecule has 0 unspecified atom stereocenters. The number of pyridine rings is 4. The molecule has 0 aliphatic rings. The number of amides is 2. The second kappa shape index (κ2) is 15.2. The van der Waals surface area contributed by atoms with Crippen LogP contribution in [0.2, 0.25) is 0 Å². The second-order valence-electron chi connectivity index (χ2n) is 12.9. The summed E-state index contributed by atoms with van der Waals surface area (Å²) in [6.45, 7) is 2.38. The molecule has 2 N–H and O–H groups in total. The number of hydrogen-bond donors (Lipinski definition) is 2. The monoisotopic (exact) mass is 722 g/mol. The zero-order valence-electron chi connectivity index (χ0n) is 30.0. The van der Waals surface area contributed by atoms with E-state index in [4.69, 9.17) is 10.1 Å². The molecule has 55 heavy (non-hydrogen) atoms. The van der Waals surface area contributed by atoms with E-state index in [-0.39, 0.29) is 23.2 Å². The zero-order valence-corrected chi connectivity index (χ0v) is 30.0. The van der Waals surface area contributed by atoms with Crippen molar-refractivity contribution < 1.29 is 9.59 Å². The van der Waals surface area contributed by atoms with Crippen molar-refractivity contribution in [3.63, 3.8) is 0 Å². The lowest BCUT2D eigenvalue weighted by Gasteiger charge is -2.07. The largest absolute Gasteiger partial charge is 0.317 e. The van der Waals surface area contributed by atoms with E-state index in [9.17, 15) is 9.59 Å². The Kier molecular flexibility index (Phi) is 9.51. The molecule has 8 rings (SSSR count). The highest BCUT2D eigenvalue weighted by molar-refractivity contribution is 6.05. The zero-order chi connectivity index (χ0) is 37.7. The van der Waals surface area contributed by atoms with Crippen LogP contribution in [0.15, 0.2) is 146 Å². The topological polar surface area (TPSA) is 145 Å². The number of anilines is 2. The number of nitrogens with zero attached hydrogens (tertiary/aromatic N) is 8. The third-order valence-electron chi connectivity index (χ3n) is 8.75. The van der Waals surface area contributed by atoms with E-state index in [2.05, 4.69) is 30.7 Å². The molecule has 12 heteroatoms. The number of benzene rings is 2. The Balaban J connectivity index is 1.00. The van der Waals surface area contributed by atoms with Crippen LogP contribution in [0.1, 0.15) is 32.1 Å². The van der Waals surface area contributed by atoms with Gasteiger partial charge in [0.1, 0.15) is 22.8 Å². The maximum atomic E-state index is 13.6. The number of hydrogen-bond acceptors (Lipinski definition) is 8. The Labute approximate surface area is 316 Å².